The molecule has 0 radical (unpaired) electrons. The van der Waals surface area contributed by atoms with Gasteiger partial charge in [-0.25, -0.2) is 0 Å². The first-order valence-corrected chi connectivity index (χ1v) is 4.34. The number of nitrogens with zero attached hydrogens (tertiary/aromatic N) is 1. The van der Waals surface area contributed by atoms with Gasteiger partial charge in [-0.15, -0.1) is 0 Å². The molecule has 0 aromatic heterocycles. The third-order valence-corrected chi connectivity index (χ3v) is 2.45. The predicted octanol–water partition coefficient (Wildman–Crippen LogP) is 1.33. The van der Waals surface area contributed by atoms with Gasteiger partial charge in [0.05, 0.1) is 6.42 Å². The van der Waals surface area contributed by atoms with Crippen LogP contribution in [0, 0.1) is 0 Å². The highest BCUT2D eigenvalue weighted by molar-refractivity contribution is 5.98. The molecule has 0 bridgehead atoms. The first kappa shape index (κ1) is 6.89. The van der Waals surface area contributed by atoms with Crippen LogP contribution in [-0.2, 0) is 4.79 Å². The van der Waals surface area contributed by atoms with Crippen molar-refractivity contribution >= 4 is 5.78 Å². The molecule has 0 N–H and O–H groups in total. The molecule has 2 aliphatic rings. The van der Waals surface area contributed by atoms with Gasteiger partial charge in [0.2, 0.25) is 0 Å². The Kier molecular flexibility index (Phi) is 1.68. The molecular weight excluding hydrogens is 138 g/mol. The van der Waals surface area contributed by atoms with Crippen LogP contribution >= 0.6 is 0 Å². The van der Waals surface area contributed by atoms with E-state index in [1.54, 1.807) is 6.08 Å². The smallest absolute Gasteiger partial charge is 0.163 e. The highest BCUT2D eigenvalue weighted by Gasteiger charge is 2.21. The van der Waals surface area contributed by atoms with E-state index in [2.05, 4.69) is 4.90 Å². The van der Waals surface area contributed by atoms with E-state index in [0.717, 1.165) is 0 Å². The molecule has 2 heteroatoms. The summed E-state index contributed by atoms with van der Waals surface area (Å²) in [7, 11) is 0. The van der Waals surface area contributed by atoms with E-state index >= 15 is 0 Å². The van der Waals surface area contributed by atoms with Crippen LogP contribution in [0.25, 0.3) is 0 Å². The lowest BCUT2D eigenvalue weighted by Gasteiger charge is -2.33. The van der Waals surface area contributed by atoms with Gasteiger partial charge in [0, 0.05) is 24.9 Å². The zero-order chi connectivity index (χ0) is 7.68. The molecule has 0 aromatic rings. The normalized spacial score (nSPS) is 24.5. The molecule has 0 aromatic carbocycles. The van der Waals surface area contributed by atoms with E-state index in [1.165, 1.54) is 38.0 Å². The maximum atomic E-state index is 10.6. The van der Waals surface area contributed by atoms with E-state index in [-0.39, 0.29) is 0 Å². The monoisotopic (exact) mass is 151 g/mol. The minimum atomic E-state index is 0.297. The van der Waals surface area contributed by atoms with Gasteiger partial charge in [-0.3, -0.25) is 4.79 Å². The van der Waals surface area contributed by atoms with Crippen LogP contribution in [0.5, 0.6) is 0 Å². The minimum Gasteiger partial charge on any atom is -0.374 e. The van der Waals surface area contributed by atoms with Gasteiger partial charge in [0.1, 0.15) is 0 Å². The van der Waals surface area contributed by atoms with Crippen molar-refractivity contribution in [1.29, 1.82) is 0 Å². The van der Waals surface area contributed by atoms with Crippen molar-refractivity contribution in [3.63, 3.8) is 0 Å². The molecule has 2 nitrogen and oxygen atoms in total. The number of allylic oxidation sites excluding steroid dienone is 2. The lowest BCUT2D eigenvalue weighted by Crippen LogP contribution is -2.33. The van der Waals surface area contributed by atoms with Crippen LogP contribution in [0.4, 0.5) is 0 Å². The summed E-state index contributed by atoms with van der Waals surface area (Å²) in [6.07, 6.45) is 6.43. The lowest BCUT2D eigenvalue weighted by molar-refractivity contribution is -0.116. The van der Waals surface area contributed by atoms with E-state index < -0.39 is 0 Å². The number of ketones is 1. The van der Waals surface area contributed by atoms with Gasteiger partial charge in [-0.1, -0.05) is 0 Å². The van der Waals surface area contributed by atoms with Crippen molar-refractivity contribution in [2.45, 2.75) is 25.7 Å². The fourth-order valence-corrected chi connectivity index (χ4v) is 1.72. The molecule has 1 aliphatic heterocycles. The number of carbonyl (C=O) groups is 1. The van der Waals surface area contributed by atoms with Gasteiger partial charge in [-0.05, 0) is 19.3 Å². The number of carbonyl (C=O) groups excluding carboxylic acids is 1. The Balaban J connectivity index is 1.94. The number of hydrogen-bond donors (Lipinski definition) is 0. The molecule has 1 aliphatic carbocycles. The van der Waals surface area contributed by atoms with E-state index in [4.69, 9.17) is 0 Å². The molecule has 0 saturated carbocycles. The van der Waals surface area contributed by atoms with Crippen LogP contribution in [0.3, 0.4) is 0 Å². The maximum absolute atomic E-state index is 10.6. The fourth-order valence-electron chi connectivity index (χ4n) is 1.72. The van der Waals surface area contributed by atoms with Crippen LogP contribution in [0.2, 0.25) is 0 Å². The van der Waals surface area contributed by atoms with Gasteiger partial charge in [-0.2, -0.15) is 0 Å². The van der Waals surface area contributed by atoms with Crippen LogP contribution in [0.15, 0.2) is 11.8 Å². The molecule has 2 rings (SSSR count). The summed E-state index contributed by atoms with van der Waals surface area (Å²) in [6, 6.07) is 0. The van der Waals surface area contributed by atoms with Crippen molar-refractivity contribution in [2.24, 2.45) is 0 Å². The number of rotatable bonds is 1. The van der Waals surface area contributed by atoms with Crippen LogP contribution in [0.1, 0.15) is 25.7 Å². The Morgan fingerprint density at radius 2 is 1.82 bits per heavy atom. The van der Waals surface area contributed by atoms with Gasteiger partial charge >= 0.3 is 0 Å². The third-order valence-electron chi connectivity index (χ3n) is 2.45. The second kappa shape index (κ2) is 2.68. The minimum absolute atomic E-state index is 0.297. The molecule has 0 unspecified atom stereocenters. The van der Waals surface area contributed by atoms with Crippen molar-refractivity contribution < 1.29 is 4.79 Å². The quantitative estimate of drug-likeness (QED) is 0.563. The molecule has 1 fully saturated rings. The molecule has 0 amide bonds. The Morgan fingerprint density at radius 3 is 2.36 bits per heavy atom. The molecule has 60 valence electrons. The average Bonchev–Trinajstić information content (AvgIpc) is 2.01. The summed E-state index contributed by atoms with van der Waals surface area (Å²) in [4.78, 5) is 13.0. The molecular formula is C9H13NO. The summed E-state index contributed by atoms with van der Waals surface area (Å²) >= 11 is 0. The zero-order valence-electron chi connectivity index (χ0n) is 6.68. The highest BCUT2D eigenvalue weighted by atomic mass is 16.1. The van der Waals surface area contributed by atoms with Crippen molar-refractivity contribution in [3.8, 4) is 0 Å². The molecule has 11 heavy (non-hydrogen) atoms. The molecule has 1 heterocycles. The Labute approximate surface area is 66.9 Å². The standard InChI is InChI=1S/C9H13NO/c11-9-6-8(7-9)10-4-2-1-3-5-10/h6H,1-5,7H2. The number of piperidine rings is 1. The van der Waals surface area contributed by atoms with Crippen molar-refractivity contribution in [3.05, 3.63) is 11.8 Å². The molecule has 0 atom stereocenters. The average molecular weight is 151 g/mol. The van der Waals surface area contributed by atoms with Crippen molar-refractivity contribution in [2.75, 3.05) is 13.1 Å². The Bertz CT molecular complexity index is 202. The summed E-state index contributed by atoms with van der Waals surface area (Å²) < 4.78 is 0. The highest BCUT2D eigenvalue weighted by Crippen LogP contribution is 2.22. The van der Waals surface area contributed by atoms with Crippen LogP contribution < -0.4 is 0 Å². The fraction of sp³-hybridized carbons (Fsp3) is 0.667. The summed E-state index contributed by atoms with van der Waals surface area (Å²) in [5.41, 5.74) is 1.27. The van der Waals surface area contributed by atoms with E-state index in [0.29, 0.717) is 12.2 Å². The summed E-state index contributed by atoms with van der Waals surface area (Å²) in [6.45, 7) is 2.33. The van der Waals surface area contributed by atoms with E-state index in [9.17, 15) is 4.79 Å². The first-order valence-electron chi connectivity index (χ1n) is 4.34. The topological polar surface area (TPSA) is 20.3 Å². The zero-order valence-corrected chi connectivity index (χ0v) is 6.68. The van der Waals surface area contributed by atoms with Gasteiger partial charge < -0.3 is 4.90 Å². The largest absolute Gasteiger partial charge is 0.374 e. The maximum Gasteiger partial charge on any atom is 0.163 e. The number of hydrogen-bond acceptors (Lipinski definition) is 2. The number of likely N-dealkylation sites (tertiary alicyclic amines) is 1. The lowest BCUT2D eigenvalue weighted by atomic mass is 10.0. The third kappa shape index (κ3) is 1.30. The molecule has 0 spiro atoms. The van der Waals surface area contributed by atoms with Crippen molar-refractivity contribution in [1.82, 2.24) is 4.90 Å². The van der Waals surface area contributed by atoms with Crippen LogP contribution in [-0.4, -0.2) is 23.8 Å². The predicted molar refractivity (Wildman–Crippen MR) is 43.1 cm³/mol. The summed E-state index contributed by atoms with van der Waals surface area (Å²) in [5.74, 6) is 0.297. The van der Waals surface area contributed by atoms with Gasteiger partial charge in [0.25, 0.3) is 0 Å². The molecule has 1 saturated heterocycles. The Hall–Kier alpha value is -0.790. The van der Waals surface area contributed by atoms with E-state index in [1.807, 2.05) is 0 Å². The first-order chi connectivity index (χ1) is 5.36. The Morgan fingerprint density at radius 1 is 1.18 bits per heavy atom. The second-order valence-electron chi connectivity index (χ2n) is 3.33. The summed E-state index contributed by atoms with van der Waals surface area (Å²) in [5, 5.41) is 0. The van der Waals surface area contributed by atoms with Gasteiger partial charge in [0.15, 0.2) is 5.78 Å². The SMILES string of the molecule is O=C1C=C(N2CCCCC2)C1. The second-order valence-corrected chi connectivity index (χ2v) is 3.33.